The Hall–Kier alpha value is -1.62. The van der Waals surface area contributed by atoms with E-state index in [0.717, 1.165) is 5.69 Å². The van der Waals surface area contributed by atoms with Gasteiger partial charge in [0.15, 0.2) is 0 Å². The summed E-state index contributed by atoms with van der Waals surface area (Å²) < 4.78 is 1.43. The second-order valence-electron chi connectivity index (χ2n) is 3.58. The largest absolute Gasteiger partial charge is 0.477 e. The van der Waals surface area contributed by atoms with Crippen LogP contribution in [0.5, 0.6) is 0 Å². The quantitative estimate of drug-likeness (QED) is 0.720. The summed E-state index contributed by atoms with van der Waals surface area (Å²) in [4.78, 5) is 22.5. The predicted molar refractivity (Wildman–Crippen MR) is 58.7 cm³/mol. The van der Waals surface area contributed by atoms with E-state index >= 15 is 0 Å². The van der Waals surface area contributed by atoms with Crippen LogP contribution in [0.25, 0.3) is 0 Å². The molecule has 0 bridgehead atoms. The van der Waals surface area contributed by atoms with Crippen molar-refractivity contribution in [1.29, 1.82) is 0 Å². The maximum atomic E-state index is 11.7. The van der Waals surface area contributed by atoms with Gasteiger partial charge < -0.3 is 14.8 Å². The molecule has 0 aliphatic rings. The van der Waals surface area contributed by atoms with Crippen molar-refractivity contribution in [2.24, 2.45) is 0 Å². The van der Waals surface area contributed by atoms with Gasteiger partial charge >= 0.3 is 5.97 Å². The van der Waals surface area contributed by atoms with E-state index in [-0.39, 0.29) is 12.2 Å². The number of carboxylic acids is 1. The zero-order chi connectivity index (χ0) is 12.1. The van der Waals surface area contributed by atoms with Gasteiger partial charge in [-0.2, -0.15) is 0 Å². The number of aliphatic hydroxyl groups is 1. The van der Waals surface area contributed by atoms with E-state index in [1.165, 1.54) is 10.6 Å². The zero-order valence-electron chi connectivity index (χ0n) is 9.14. The third-order valence-electron chi connectivity index (χ3n) is 2.41. The van der Waals surface area contributed by atoms with E-state index < -0.39 is 11.5 Å². The third-order valence-corrected chi connectivity index (χ3v) is 2.41. The highest BCUT2D eigenvalue weighted by molar-refractivity contribution is 5.87. The summed E-state index contributed by atoms with van der Waals surface area (Å²) in [6.45, 7) is 2.27. The van der Waals surface area contributed by atoms with Gasteiger partial charge in [-0.1, -0.05) is 0 Å². The van der Waals surface area contributed by atoms with E-state index in [1.54, 1.807) is 13.0 Å². The van der Waals surface area contributed by atoms with E-state index in [1.807, 2.05) is 0 Å². The van der Waals surface area contributed by atoms with Crippen LogP contribution < -0.4 is 5.56 Å². The molecule has 0 aliphatic carbocycles. The van der Waals surface area contributed by atoms with Gasteiger partial charge in [-0.25, -0.2) is 4.79 Å². The van der Waals surface area contributed by atoms with E-state index in [9.17, 15) is 9.59 Å². The molecule has 2 N–H and O–H groups in total. The first-order valence-electron chi connectivity index (χ1n) is 5.12. The third kappa shape index (κ3) is 2.70. The molecule has 5 heteroatoms. The van der Waals surface area contributed by atoms with Crippen LogP contribution in [0.4, 0.5) is 0 Å². The first-order chi connectivity index (χ1) is 7.57. The first kappa shape index (κ1) is 12.4. The number of hydrogen-bond acceptors (Lipinski definition) is 3. The number of pyridine rings is 1. The molecule has 0 radical (unpaired) electrons. The number of carboxylic acid groups (broad SMARTS) is 1. The van der Waals surface area contributed by atoms with Crippen molar-refractivity contribution < 1.29 is 15.0 Å². The maximum absolute atomic E-state index is 11.7. The molecule has 1 heterocycles. The van der Waals surface area contributed by atoms with Gasteiger partial charge in [-0.05, 0) is 31.9 Å². The number of unbranched alkanes of at least 4 members (excludes halogenated alkanes) is 1. The Morgan fingerprint density at radius 1 is 1.38 bits per heavy atom. The van der Waals surface area contributed by atoms with Gasteiger partial charge in [0.05, 0.1) is 0 Å². The van der Waals surface area contributed by atoms with Crippen molar-refractivity contribution in [3.05, 3.63) is 33.7 Å². The minimum Gasteiger partial charge on any atom is -0.477 e. The highest BCUT2D eigenvalue weighted by Crippen LogP contribution is 2.01. The fraction of sp³-hybridized carbons (Fsp3) is 0.455. The molecule has 0 aliphatic heterocycles. The number of aliphatic hydroxyl groups excluding tert-OH is 1. The minimum atomic E-state index is -1.21. The van der Waals surface area contributed by atoms with Gasteiger partial charge in [0.1, 0.15) is 5.56 Å². The van der Waals surface area contributed by atoms with Crippen LogP contribution in [0.1, 0.15) is 28.9 Å². The van der Waals surface area contributed by atoms with Crippen LogP contribution >= 0.6 is 0 Å². The summed E-state index contributed by atoms with van der Waals surface area (Å²) in [5, 5.41) is 17.4. The Kier molecular flexibility index (Phi) is 4.25. The van der Waals surface area contributed by atoms with Crippen molar-refractivity contribution in [1.82, 2.24) is 4.57 Å². The Labute approximate surface area is 93.0 Å². The smallest absolute Gasteiger partial charge is 0.341 e. The van der Waals surface area contributed by atoms with Crippen molar-refractivity contribution in [3.8, 4) is 0 Å². The molecule has 0 fully saturated rings. The standard InChI is InChI=1S/C11H15NO4/c1-8-4-5-9(11(15)16)10(14)12(8)6-2-3-7-13/h4-5,13H,2-3,6-7H2,1H3,(H,15,16). The van der Waals surface area contributed by atoms with Gasteiger partial charge in [-0.15, -0.1) is 0 Å². The normalized spacial score (nSPS) is 10.4. The van der Waals surface area contributed by atoms with Crippen LogP contribution in [-0.4, -0.2) is 27.4 Å². The summed E-state index contributed by atoms with van der Waals surface area (Å²) in [7, 11) is 0. The lowest BCUT2D eigenvalue weighted by atomic mass is 10.2. The lowest BCUT2D eigenvalue weighted by Gasteiger charge is -2.09. The molecule has 0 saturated heterocycles. The number of aromatic nitrogens is 1. The van der Waals surface area contributed by atoms with Crippen molar-refractivity contribution in [3.63, 3.8) is 0 Å². The zero-order valence-corrected chi connectivity index (χ0v) is 9.14. The highest BCUT2D eigenvalue weighted by atomic mass is 16.4. The molecule has 0 saturated carbocycles. The van der Waals surface area contributed by atoms with Crippen LogP contribution in [0, 0.1) is 6.92 Å². The van der Waals surface area contributed by atoms with Gasteiger partial charge in [0.2, 0.25) is 0 Å². The molecule has 0 atom stereocenters. The number of hydrogen-bond donors (Lipinski definition) is 2. The molecule has 0 aromatic carbocycles. The van der Waals surface area contributed by atoms with Crippen LogP contribution in [0.2, 0.25) is 0 Å². The second-order valence-corrected chi connectivity index (χ2v) is 3.58. The van der Waals surface area contributed by atoms with Crippen molar-refractivity contribution >= 4 is 5.97 Å². The summed E-state index contributed by atoms with van der Waals surface area (Å²) in [6.07, 6.45) is 1.25. The summed E-state index contributed by atoms with van der Waals surface area (Å²) in [6, 6.07) is 2.94. The molecule has 1 aromatic heterocycles. The summed E-state index contributed by atoms with van der Waals surface area (Å²) >= 11 is 0. The fourth-order valence-electron chi connectivity index (χ4n) is 1.49. The first-order valence-corrected chi connectivity index (χ1v) is 5.12. The molecule has 0 amide bonds. The molecule has 88 valence electrons. The van der Waals surface area contributed by atoms with Crippen LogP contribution in [-0.2, 0) is 6.54 Å². The average molecular weight is 225 g/mol. The van der Waals surface area contributed by atoms with Crippen LogP contribution in [0.3, 0.4) is 0 Å². The molecule has 1 rings (SSSR count). The lowest BCUT2D eigenvalue weighted by molar-refractivity contribution is 0.0694. The molecule has 5 nitrogen and oxygen atoms in total. The van der Waals surface area contributed by atoms with Crippen LogP contribution in [0.15, 0.2) is 16.9 Å². The van der Waals surface area contributed by atoms with Crippen molar-refractivity contribution in [2.45, 2.75) is 26.3 Å². The maximum Gasteiger partial charge on any atom is 0.341 e. The molecule has 0 unspecified atom stereocenters. The highest BCUT2D eigenvalue weighted by Gasteiger charge is 2.11. The number of nitrogens with zero attached hydrogens (tertiary/aromatic N) is 1. The molecular weight excluding hydrogens is 210 g/mol. The van der Waals surface area contributed by atoms with Crippen molar-refractivity contribution in [2.75, 3.05) is 6.61 Å². The van der Waals surface area contributed by atoms with Gasteiger partial charge in [0.25, 0.3) is 5.56 Å². The molecule has 0 spiro atoms. The average Bonchev–Trinajstić information content (AvgIpc) is 2.22. The number of carbonyl (C=O) groups is 1. The Morgan fingerprint density at radius 3 is 2.62 bits per heavy atom. The molecule has 16 heavy (non-hydrogen) atoms. The second kappa shape index (κ2) is 5.46. The van der Waals surface area contributed by atoms with E-state index in [4.69, 9.17) is 10.2 Å². The SMILES string of the molecule is Cc1ccc(C(=O)O)c(=O)n1CCCCO. The van der Waals surface area contributed by atoms with Gasteiger partial charge in [-0.3, -0.25) is 4.79 Å². The lowest BCUT2D eigenvalue weighted by Crippen LogP contribution is -2.27. The fourth-order valence-corrected chi connectivity index (χ4v) is 1.49. The van der Waals surface area contributed by atoms with E-state index in [0.29, 0.717) is 19.4 Å². The Morgan fingerprint density at radius 2 is 2.06 bits per heavy atom. The minimum absolute atomic E-state index is 0.0758. The summed E-state index contributed by atoms with van der Waals surface area (Å²) in [5.74, 6) is -1.21. The predicted octanol–water partition coefficient (Wildman–Crippen LogP) is 0.627. The number of aryl methyl sites for hydroxylation is 1. The topological polar surface area (TPSA) is 79.5 Å². The summed E-state index contributed by atoms with van der Waals surface area (Å²) in [5.41, 5.74) is 0.0352. The molecular formula is C11H15NO4. The molecule has 1 aromatic rings. The Bertz CT molecular complexity index is 436. The number of rotatable bonds is 5. The van der Waals surface area contributed by atoms with E-state index in [2.05, 4.69) is 0 Å². The monoisotopic (exact) mass is 225 g/mol. The van der Waals surface area contributed by atoms with Gasteiger partial charge in [0, 0.05) is 18.8 Å². The number of aromatic carboxylic acids is 1. The Balaban J connectivity index is 3.02.